The van der Waals surface area contributed by atoms with E-state index in [-0.39, 0.29) is 25.5 Å². The Hall–Kier alpha value is -0.0226. The van der Waals surface area contributed by atoms with Crippen LogP contribution >= 0.6 is 0 Å². The van der Waals surface area contributed by atoms with Crippen molar-refractivity contribution < 1.29 is 41.4 Å². The first kappa shape index (κ1) is 29.2. The SMILES string of the molecule is CCCCCCCCCCCCCCCCCC(=O)OCCS(=O)(=O)[O-].[Li+]. The molecule has 0 aliphatic carbocycles. The summed E-state index contributed by atoms with van der Waals surface area (Å²) in [5.74, 6) is -1.05. The number of unbranched alkanes of at least 4 members (excludes halogenated alkanes) is 14. The minimum Gasteiger partial charge on any atom is -0.748 e. The smallest absolute Gasteiger partial charge is 0.748 e. The molecule has 0 radical (unpaired) electrons. The summed E-state index contributed by atoms with van der Waals surface area (Å²) < 4.78 is 35.8. The Morgan fingerprint density at radius 2 is 1.11 bits per heavy atom. The Kier molecular flexibility index (Phi) is 22.4. The van der Waals surface area contributed by atoms with Gasteiger partial charge in [0, 0.05) is 6.42 Å². The molecular formula is C20H39LiO5S. The van der Waals surface area contributed by atoms with Crippen molar-refractivity contribution in [3.8, 4) is 0 Å². The maximum absolute atomic E-state index is 11.3. The topological polar surface area (TPSA) is 83.5 Å². The maximum Gasteiger partial charge on any atom is 1.00 e. The van der Waals surface area contributed by atoms with E-state index in [4.69, 9.17) is 4.74 Å². The molecule has 0 heterocycles. The third-order valence-corrected chi connectivity index (χ3v) is 5.25. The molecule has 0 rings (SSSR count). The molecule has 0 atom stereocenters. The fourth-order valence-electron chi connectivity index (χ4n) is 2.97. The quantitative estimate of drug-likeness (QED) is 0.144. The van der Waals surface area contributed by atoms with Crippen molar-refractivity contribution in [2.45, 2.75) is 110 Å². The van der Waals surface area contributed by atoms with E-state index in [9.17, 15) is 17.8 Å². The van der Waals surface area contributed by atoms with Crippen LogP contribution in [0.5, 0.6) is 0 Å². The zero-order valence-electron chi connectivity index (χ0n) is 17.7. The van der Waals surface area contributed by atoms with Crippen molar-refractivity contribution in [2.24, 2.45) is 0 Å². The number of hydrogen-bond acceptors (Lipinski definition) is 5. The Morgan fingerprint density at radius 1 is 0.741 bits per heavy atom. The fraction of sp³-hybridized carbons (Fsp3) is 0.950. The average Bonchev–Trinajstić information content (AvgIpc) is 2.57. The Bertz CT molecular complexity index is 426. The normalized spacial score (nSPS) is 11.2. The van der Waals surface area contributed by atoms with Gasteiger partial charge in [-0.05, 0) is 6.42 Å². The molecule has 0 bridgehead atoms. The molecule has 0 N–H and O–H groups in total. The van der Waals surface area contributed by atoms with Gasteiger partial charge < -0.3 is 9.29 Å². The number of rotatable bonds is 19. The van der Waals surface area contributed by atoms with Gasteiger partial charge in [-0.1, -0.05) is 96.8 Å². The van der Waals surface area contributed by atoms with Crippen LogP contribution in [-0.2, 0) is 19.6 Å². The molecule has 7 heteroatoms. The minimum absolute atomic E-state index is 0. The summed E-state index contributed by atoms with van der Waals surface area (Å²) in [6.45, 7) is 1.92. The van der Waals surface area contributed by atoms with Crippen LogP contribution in [0.2, 0.25) is 0 Å². The molecule has 0 aromatic carbocycles. The minimum atomic E-state index is -4.30. The molecule has 156 valence electrons. The molecule has 0 aliphatic heterocycles. The maximum atomic E-state index is 11.3. The van der Waals surface area contributed by atoms with Crippen LogP contribution in [0.4, 0.5) is 0 Å². The van der Waals surface area contributed by atoms with E-state index in [1.165, 1.54) is 77.0 Å². The van der Waals surface area contributed by atoms with Crippen LogP contribution in [0.1, 0.15) is 110 Å². The van der Waals surface area contributed by atoms with Gasteiger partial charge in [-0.15, -0.1) is 0 Å². The number of carbonyl (C=O) groups excluding carboxylic acids is 1. The van der Waals surface area contributed by atoms with Crippen LogP contribution < -0.4 is 18.9 Å². The number of hydrogen-bond donors (Lipinski definition) is 0. The first-order valence-corrected chi connectivity index (χ1v) is 12.1. The second-order valence-electron chi connectivity index (χ2n) is 7.18. The van der Waals surface area contributed by atoms with Gasteiger partial charge in [0.15, 0.2) is 0 Å². The van der Waals surface area contributed by atoms with Crippen molar-refractivity contribution in [1.29, 1.82) is 0 Å². The van der Waals surface area contributed by atoms with Crippen LogP contribution in [0, 0.1) is 0 Å². The van der Waals surface area contributed by atoms with Crippen molar-refractivity contribution in [3.63, 3.8) is 0 Å². The van der Waals surface area contributed by atoms with Gasteiger partial charge in [-0.25, -0.2) is 8.42 Å². The van der Waals surface area contributed by atoms with Crippen LogP contribution in [-0.4, -0.2) is 31.3 Å². The van der Waals surface area contributed by atoms with Crippen LogP contribution in [0.3, 0.4) is 0 Å². The van der Waals surface area contributed by atoms with Gasteiger partial charge >= 0.3 is 24.8 Å². The predicted molar refractivity (Wildman–Crippen MR) is 105 cm³/mol. The van der Waals surface area contributed by atoms with Gasteiger partial charge in [0.25, 0.3) is 0 Å². The van der Waals surface area contributed by atoms with Crippen molar-refractivity contribution in [3.05, 3.63) is 0 Å². The Balaban J connectivity index is 0. The first-order valence-electron chi connectivity index (χ1n) is 10.5. The molecule has 0 aromatic rings. The number of ether oxygens (including phenoxy) is 1. The summed E-state index contributed by atoms with van der Waals surface area (Å²) in [5.41, 5.74) is 0. The molecule has 0 amide bonds. The van der Waals surface area contributed by atoms with Crippen molar-refractivity contribution >= 4 is 16.1 Å². The summed E-state index contributed by atoms with van der Waals surface area (Å²) in [6, 6.07) is 0. The second kappa shape index (κ2) is 20.7. The molecule has 0 spiro atoms. The second-order valence-corrected chi connectivity index (χ2v) is 8.71. The molecule has 5 nitrogen and oxygen atoms in total. The molecule has 0 unspecified atom stereocenters. The first-order chi connectivity index (χ1) is 12.5. The number of carbonyl (C=O) groups is 1. The Morgan fingerprint density at radius 3 is 1.48 bits per heavy atom. The third kappa shape index (κ3) is 26.0. The van der Waals surface area contributed by atoms with Gasteiger partial charge in [-0.3, -0.25) is 4.79 Å². The molecule has 27 heavy (non-hydrogen) atoms. The van der Waals surface area contributed by atoms with Crippen LogP contribution in [0.25, 0.3) is 0 Å². The summed E-state index contributed by atoms with van der Waals surface area (Å²) in [4.78, 5) is 11.3. The van der Waals surface area contributed by atoms with E-state index >= 15 is 0 Å². The largest absolute Gasteiger partial charge is 1.00 e. The molecule has 0 aliphatic rings. The molecule has 0 saturated heterocycles. The van der Waals surface area contributed by atoms with Gasteiger partial charge in [0.1, 0.15) is 6.61 Å². The Labute approximate surface area is 179 Å². The van der Waals surface area contributed by atoms with Crippen LogP contribution in [0.15, 0.2) is 0 Å². The molecular weight excluding hydrogens is 359 g/mol. The monoisotopic (exact) mass is 398 g/mol. The van der Waals surface area contributed by atoms with Gasteiger partial charge in [0.2, 0.25) is 0 Å². The molecule has 0 saturated carbocycles. The third-order valence-electron chi connectivity index (χ3n) is 4.58. The number of esters is 1. The zero-order valence-corrected chi connectivity index (χ0v) is 18.5. The van der Waals surface area contributed by atoms with Gasteiger partial charge in [-0.2, -0.15) is 0 Å². The predicted octanol–water partition coefficient (Wildman–Crippen LogP) is 2.34. The fourth-order valence-corrected chi connectivity index (χ4v) is 3.26. The average molecular weight is 399 g/mol. The van der Waals surface area contributed by atoms with Crippen molar-refractivity contribution in [2.75, 3.05) is 12.4 Å². The summed E-state index contributed by atoms with van der Waals surface area (Å²) >= 11 is 0. The molecule has 0 aromatic heterocycles. The van der Waals surface area contributed by atoms with Crippen molar-refractivity contribution in [1.82, 2.24) is 0 Å². The summed E-state index contributed by atoms with van der Waals surface area (Å²) in [6.07, 6.45) is 19.3. The van der Waals surface area contributed by atoms with E-state index in [1.54, 1.807) is 0 Å². The van der Waals surface area contributed by atoms with E-state index in [0.29, 0.717) is 6.42 Å². The van der Waals surface area contributed by atoms with E-state index in [2.05, 4.69) is 6.92 Å². The summed E-state index contributed by atoms with van der Waals surface area (Å²) in [5, 5.41) is 0. The zero-order chi connectivity index (χ0) is 19.5. The van der Waals surface area contributed by atoms with Gasteiger partial charge in [0.05, 0.1) is 15.9 Å². The standard InChI is InChI=1S/C20H40O5S.Li/c1-2-3-4-5-6-7-8-9-10-11-12-13-14-15-16-17-20(21)25-18-19-26(22,23)24;/h2-19H2,1H3,(H,22,23,24);/q;+1/p-1. The summed E-state index contributed by atoms with van der Waals surface area (Å²) in [7, 11) is -4.30. The van der Waals surface area contributed by atoms with E-state index in [0.717, 1.165) is 19.3 Å². The molecule has 0 fully saturated rings. The van der Waals surface area contributed by atoms with E-state index < -0.39 is 21.8 Å². The van der Waals surface area contributed by atoms with E-state index in [1.807, 2.05) is 0 Å².